The van der Waals surface area contributed by atoms with Crippen LogP contribution in [0.15, 0.2) is 23.3 Å². The highest BCUT2D eigenvalue weighted by atomic mass is 32.1. The lowest BCUT2D eigenvalue weighted by Gasteiger charge is -2.11. The Morgan fingerprint density at radius 1 is 1.38 bits per heavy atom. The van der Waals surface area contributed by atoms with Gasteiger partial charge < -0.3 is 9.47 Å². The van der Waals surface area contributed by atoms with Gasteiger partial charge in [0.05, 0.1) is 25.6 Å². The fourth-order valence-corrected chi connectivity index (χ4v) is 2.54. The van der Waals surface area contributed by atoms with E-state index in [1.807, 2.05) is 39.0 Å². The second kappa shape index (κ2) is 7.08. The van der Waals surface area contributed by atoms with Gasteiger partial charge in [-0.2, -0.15) is 5.10 Å². The van der Waals surface area contributed by atoms with Crippen molar-refractivity contribution in [1.29, 1.82) is 0 Å². The van der Waals surface area contributed by atoms with E-state index in [1.54, 1.807) is 24.7 Å². The topological polar surface area (TPSA) is 55.7 Å². The van der Waals surface area contributed by atoms with E-state index in [0.717, 1.165) is 16.4 Å². The number of hydrazone groups is 1. The van der Waals surface area contributed by atoms with Crippen molar-refractivity contribution in [2.75, 3.05) is 19.1 Å². The molecule has 0 amide bonds. The Labute approximate surface area is 128 Å². The van der Waals surface area contributed by atoms with Crippen molar-refractivity contribution in [2.24, 2.45) is 5.10 Å². The fourth-order valence-electron chi connectivity index (χ4n) is 1.77. The molecule has 5 nitrogen and oxygen atoms in total. The van der Waals surface area contributed by atoms with Crippen LogP contribution in [0.3, 0.4) is 0 Å². The Kier molecular flexibility index (Phi) is 5.16. The van der Waals surface area contributed by atoms with Crippen LogP contribution in [0.5, 0.6) is 11.5 Å². The Hall–Kier alpha value is -2.08. The Bertz CT molecular complexity index is 618. The number of benzene rings is 1. The molecule has 0 aliphatic rings. The number of hydrogen-bond donors (Lipinski definition) is 1. The van der Waals surface area contributed by atoms with E-state index in [4.69, 9.17) is 9.47 Å². The van der Waals surface area contributed by atoms with Gasteiger partial charge in [0.15, 0.2) is 11.5 Å². The molecule has 2 aromatic rings. The molecule has 0 unspecified atom stereocenters. The number of ether oxygens (including phenoxy) is 2. The van der Waals surface area contributed by atoms with Gasteiger partial charge in [0.1, 0.15) is 0 Å². The predicted molar refractivity (Wildman–Crippen MR) is 87.0 cm³/mol. The van der Waals surface area contributed by atoms with Gasteiger partial charge in [0.2, 0.25) is 5.13 Å². The first-order chi connectivity index (χ1) is 10.2. The van der Waals surface area contributed by atoms with Crippen molar-refractivity contribution in [3.05, 3.63) is 34.3 Å². The molecule has 0 saturated carbocycles. The SMILES string of the molecule is CCOc1c(/C=N/Nc2nc(C)c(C)s2)cccc1OC. The van der Waals surface area contributed by atoms with Gasteiger partial charge in [0, 0.05) is 10.4 Å². The molecule has 1 aromatic heterocycles. The number of para-hydroxylation sites is 1. The van der Waals surface area contributed by atoms with Gasteiger partial charge in [-0.3, -0.25) is 5.43 Å². The molecule has 0 radical (unpaired) electrons. The summed E-state index contributed by atoms with van der Waals surface area (Å²) in [6, 6.07) is 5.70. The molecule has 112 valence electrons. The normalized spacial score (nSPS) is 10.9. The number of aromatic nitrogens is 1. The lowest BCUT2D eigenvalue weighted by molar-refractivity contribution is 0.310. The molecule has 1 N–H and O–H groups in total. The molecule has 0 aliphatic heterocycles. The van der Waals surface area contributed by atoms with Crippen LogP contribution in [0.1, 0.15) is 23.1 Å². The number of hydrogen-bond acceptors (Lipinski definition) is 6. The van der Waals surface area contributed by atoms with Gasteiger partial charge in [-0.05, 0) is 32.9 Å². The van der Waals surface area contributed by atoms with Crippen LogP contribution in [0.4, 0.5) is 5.13 Å². The molecule has 0 bridgehead atoms. The van der Waals surface area contributed by atoms with Crippen LogP contribution < -0.4 is 14.9 Å². The molecule has 0 spiro atoms. The summed E-state index contributed by atoms with van der Waals surface area (Å²) in [5, 5.41) is 5.00. The first-order valence-electron chi connectivity index (χ1n) is 6.68. The zero-order valence-corrected chi connectivity index (χ0v) is 13.5. The minimum atomic E-state index is 0.569. The highest BCUT2D eigenvalue weighted by Crippen LogP contribution is 2.30. The van der Waals surface area contributed by atoms with E-state index in [2.05, 4.69) is 15.5 Å². The number of thiazole rings is 1. The smallest absolute Gasteiger partial charge is 0.203 e. The first-order valence-corrected chi connectivity index (χ1v) is 7.50. The average Bonchev–Trinajstić information content (AvgIpc) is 2.79. The average molecular weight is 305 g/mol. The van der Waals surface area contributed by atoms with Gasteiger partial charge >= 0.3 is 0 Å². The summed E-state index contributed by atoms with van der Waals surface area (Å²) >= 11 is 1.58. The van der Waals surface area contributed by atoms with Gasteiger partial charge in [0.25, 0.3) is 0 Å². The molecule has 1 heterocycles. The van der Waals surface area contributed by atoms with Gasteiger partial charge in [-0.25, -0.2) is 4.98 Å². The fraction of sp³-hybridized carbons (Fsp3) is 0.333. The summed E-state index contributed by atoms with van der Waals surface area (Å²) in [5.74, 6) is 1.39. The van der Waals surface area contributed by atoms with E-state index in [1.165, 1.54) is 4.88 Å². The standard InChI is InChI=1S/C15H19N3O2S/c1-5-20-14-12(7-6-8-13(14)19-4)9-16-18-15-17-10(2)11(3)21-15/h6-9H,5H2,1-4H3,(H,17,18)/b16-9+. The molecule has 0 atom stereocenters. The molecule has 1 aromatic carbocycles. The second-order valence-electron chi connectivity index (χ2n) is 4.34. The maximum Gasteiger partial charge on any atom is 0.203 e. The summed E-state index contributed by atoms with van der Waals surface area (Å²) < 4.78 is 10.9. The third-order valence-electron chi connectivity index (χ3n) is 2.91. The molecule has 6 heteroatoms. The maximum atomic E-state index is 5.63. The highest BCUT2D eigenvalue weighted by Gasteiger charge is 2.08. The van der Waals surface area contributed by atoms with Crippen molar-refractivity contribution >= 4 is 22.7 Å². The van der Waals surface area contributed by atoms with Crippen LogP contribution in [0.2, 0.25) is 0 Å². The summed E-state index contributed by atoms with van der Waals surface area (Å²) in [7, 11) is 1.62. The molecule has 21 heavy (non-hydrogen) atoms. The highest BCUT2D eigenvalue weighted by molar-refractivity contribution is 7.15. The summed E-state index contributed by atoms with van der Waals surface area (Å²) in [5.41, 5.74) is 4.82. The maximum absolute atomic E-state index is 5.63. The van der Waals surface area contributed by atoms with E-state index in [9.17, 15) is 0 Å². The molecular weight excluding hydrogens is 286 g/mol. The monoisotopic (exact) mass is 305 g/mol. The molecule has 2 rings (SSSR count). The minimum absolute atomic E-state index is 0.569. The number of nitrogens with one attached hydrogen (secondary N) is 1. The zero-order valence-electron chi connectivity index (χ0n) is 12.6. The van der Waals surface area contributed by atoms with Crippen molar-refractivity contribution in [3.63, 3.8) is 0 Å². The number of rotatable bonds is 6. The molecule has 0 aliphatic carbocycles. The lowest BCUT2D eigenvalue weighted by Crippen LogP contribution is -2.00. The first kappa shape index (κ1) is 15.3. The van der Waals surface area contributed by atoms with Crippen LogP contribution in [0, 0.1) is 13.8 Å². The van der Waals surface area contributed by atoms with E-state index < -0.39 is 0 Å². The molecular formula is C15H19N3O2S. The zero-order chi connectivity index (χ0) is 15.2. The second-order valence-corrected chi connectivity index (χ2v) is 5.55. The summed E-state index contributed by atoms with van der Waals surface area (Å²) in [6.45, 7) is 6.53. The van der Waals surface area contributed by atoms with Crippen LogP contribution in [-0.2, 0) is 0 Å². The largest absolute Gasteiger partial charge is 0.493 e. The summed E-state index contributed by atoms with van der Waals surface area (Å²) in [4.78, 5) is 5.56. The molecule has 0 saturated heterocycles. The van der Waals surface area contributed by atoms with Crippen LogP contribution in [-0.4, -0.2) is 24.9 Å². The van der Waals surface area contributed by atoms with Crippen LogP contribution in [0.25, 0.3) is 0 Å². The number of aryl methyl sites for hydroxylation is 2. The third-order valence-corrected chi connectivity index (χ3v) is 3.89. The van der Waals surface area contributed by atoms with Gasteiger partial charge in [-0.15, -0.1) is 11.3 Å². The number of nitrogens with zero attached hydrogens (tertiary/aromatic N) is 2. The van der Waals surface area contributed by atoms with Gasteiger partial charge in [-0.1, -0.05) is 6.07 Å². The van der Waals surface area contributed by atoms with E-state index in [0.29, 0.717) is 18.1 Å². The minimum Gasteiger partial charge on any atom is -0.493 e. The molecule has 0 fully saturated rings. The Morgan fingerprint density at radius 3 is 2.81 bits per heavy atom. The quantitative estimate of drug-likeness (QED) is 0.654. The lowest BCUT2D eigenvalue weighted by atomic mass is 10.2. The van der Waals surface area contributed by atoms with Crippen molar-refractivity contribution in [2.45, 2.75) is 20.8 Å². The number of anilines is 1. The Balaban J connectivity index is 2.16. The van der Waals surface area contributed by atoms with Crippen molar-refractivity contribution in [1.82, 2.24) is 4.98 Å². The Morgan fingerprint density at radius 2 is 2.19 bits per heavy atom. The van der Waals surface area contributed by atoms with Crippen molar-refractivity contribution in [3.8, 4) is 11.5 Å². The summed E-state index contributed by atoms with van der Waals surface area (Å²) in [6.07, 6.45) is 1.71. The third kappa shape index (κ3) is 3.72. The predicted octanol–water partition coefficient (Wildman–Crippen LogP) is 3.61. The van der Waals surface area contributed by atoms with E-state index >= 15 is 0 Å². The van der Waals surface area contributed by atoms with E-state index in [-0.39, 0.29) is 0 Å². The van der Waals surface area contributed by atoms with Crippen molar-refractivity contribution < 1.29 is 9.47 Å². The van der Waals surface area contributed by atoms with Crippen LogP contribution >= 0.6 is 11.3 Å². The number of methoxy groups -OCH3 is 1.